The zero-order valence-electron chi connectivity index (χ0n) is 13.1. The number of benzene rings is 1. The van der Waals surface area contributed by atoms with Crippen LogP contribution in [-0.2, 0) is 11.3 Å². The number of fused-ring (bicyclic) bond motifs is 2. The van der Waals surface area contributed by atoms with Crippen molar-refractivity contribution >= 4 is 16.9 Å². The Morgan fingerprint density at radius 1 is 1.41 bits per heavy atom. The Kier molecular flexibility index (Phi) is 3.01. The molecule has 22 heavy (non-hydrogen) atoms. The lowest BCUT2D eigenvalue weighted by Gasteiger charge is -2.22. The minimum atomic E-state index is 0.0192. The van der Waals surface area contributed by atoms with E-state index in [2.05, 4.69) is 16.8 Å². The molecular weight excluding hydrogens is 278 g/mol. The molecule has 0 unspecified atom stereocenters. The second-order valence-electron chi connectivity index (χ2n) is 6.72. The second kappa shape index (κ2) is 4.81. The average molecular weight is 299 g/mol. The van der Waals surface area contributed by atoms with Crippen molar-refractivity contribution < 1.29 is 4.74 Å². The number of para-hydroxylation sites is 2. The molecule has 1 aromatic carbocycles. The molecule has 0 amide bonds. The summed E-state index contributed by atoms with van der Waals surface area (Å²) in [7, 11) is 0. The van der Waals surface area contributed by atoms with Crippen molar-refractivity contribution in [2.75, 3.05) is 31.2 Å². The maximum absolute atomic E-state index is 12.9. The van der Waals surface area contributed by atoms with Gasteiger partial charge in [-0.25, -0.2) is 4.98 Å². The molecule has 2 aliphatic heterocycles. The monoisotopic (exact) mass is 299 g/mol. The molecule has 0 spiro atoms. The highest BCUT2D eigenvalue weighted by molar-refractivity contribution is 5.76. The van der Waals surface area contributed by atoms with Crippen LogP contribution in [0.2, 0.25) is 0 Å². The van der Waals surface area contributed by atoms with Gasteiger partial charge in [0.05, 0.1) is 24.2 Å². The fourth-order valence-electron chi connectivity index (χ4n) is 3.83. The van der Waals surface area contributed by atoms with Gasteiger partial charge in [0.25, 0.3) is 5.56 Å². The Hall–Kier alpha value is -1.88. The third kappa shape index (κ3) is 1.88. The first-order chi connectivity index (χ1) is 10.6. The number of hydrogen-bond acceptors (Lipinski definition) is 4. The summed E-state index contributed by atoms with van der Waals surface area (Å²) in [5.74, 6) is 1.09. The zero-order valence-corrected chi connectivity index (χ0v) is 13.1. The van der Waals surface area contributed by atoms with Gasteiger partial charge in [-0.3, -0.25) is 4.79 Å². The number of aromatic nitrogens is 2. The van der Waals surface area contributed by atoms with Crippen LogP contribution in [-0.4, -0.2) is 35.9 Å². The lowest BCUT2D eigenvalue weighted by Crippen LogP contribution is -2.34. The van der Waals surface area contributed by atoms with Crippen LogP contribution in [0.1, 0.15) is 13.8 Å². The van der Waals surface area contributed by atoms with E-state index in [1.54, 1.807) is 0 Å². The summed E-state index contributed by atoms with van der Waals surface area (Å²) in [5.41, 5.74) is 1.97. The van der Waals surface area contributed by atoms with Crippen molar-refractivity contribution in [2.24, 2.45) is 11.3 Å². The van der Waals surface area contributed by atoms with Gasteiger partial charge in [0.2, 0.25) is 0 Å². The zero-order chi connectivity index (χ0) is 15.3. The topological polar surface area (TPSA) is 47.4 Å². The Morgan fingerprint density at radius 2 is 2.23 bits per heavy atom. The quantitative estimate of drug-likeness (QED) is 0.849. The van der Waals surface area contributed by atoms with E-state index in [0.717, 1.165) is 37.3 Å². The Balaban J connectivity index is 1.83. The first-order valence-electron chi connectivity index (χ1n) is 7.94. The van der Waals surface area contributed by atoms with Crippen LogP contribution < -0.4 is 10.5 Å². The van der Waals surface area contributed by atoms with Crippen LogP contribution in [0.3, 0.4) is 0 Å². The van der Waals surface area contributed by atoms with Gasteiger partial charge in [-0.2, -0.15) is 0 Å². The van der Waals surface area contributed by atoms with Crippen LogP contribution in [0, 0.1) is 11.3 Å². The van der Waals surface area contributed by atoms with Gasteiger partial charge in [-0.05, 0) is 19.1 Å². The van der Waals surface area contributed by atoms with Crippen LogP contribution in [0.25, 0.3) is 11.0 Å². The van der Waals surface area contributed by atoms with E-state index in [-0.39, 0.29) is 11.0 Å². The van der Waals surface area contributed by atoms with Gasteiger partial charge in [0.15, 0.2) is 5.82 Å². The maximum Gasteiger partial charge on any atom is 0.293 e. The molecule has 0 aliphatic carbocycles. The molecule has 0 saturated carbocycles. The summed E-state index contributed by atoms with van der Waals surface area (Å²) < 4.78 is 7.44. The molecule has 4 rings (SSSR count). The van der Waals surface area contributed by atoms with E-state index in [1.165, 1.54) is 0 Å². The number of ether oxygens (including phenoxy) is 1. The maximum atomic E-state index is 12.9. The molecule has 0 bridgehead atoms. The van der Waals surface area contributed by atoms with Crippen LogP contribution in [0.4, 0.5) is 5.82 Å². The van der Waals surface area contributed by atoms with E-state index < -0.39 is 0 Å². The molecule has 2 aliphatic rings. The van der Waals surface area contributed by atoms with E-state index in [0.29, 0.717) is 18.3 Å². The van der Waals surface area contributed by atoms with Gasteiger partial charge in [-0.1, -0.05) is 19.1 Å². The molecule has 0 radical (unpaired) electrons. The van der Waals surface area contributed by atoms with Gasteiger partial charge in [0, 0.05) is 31.0 Å². The highest BCUT2D eigenvalue weighted by Gasteiger charge is 2.48. The van der Waals surface area contributed by atoms with E-state index in [1.807, 2.05) is 35.8 Å². The van der Waals surface area contributed by atoms with E-state index in [9.17, 15) is 4.79 Å². The van der Waals surface area contributed by atoms with Gasteiger partial charge in [0.1, 0.15) is 0 Å². The highest BCUT2D eigenvalue weighted by Crippen LogP contribution is 2.41. The summed E-state index contributed by atoms with van der Waals surface area (Å²) in [6.45, 7) is 8.21. The molecule has 3 heterocycles. The second-order valence-corrected chi connectivity index (χ2v) is 6.72. The number of anilines is 1. The van der Waals surface area contributed by atoms with Crippen molar-refractivity contribution in [3.05, 3.63) is 34.6 Å². The average Bonchev–Trinajstić information content (AvgIpc) is 3.01. The van der Waals surface area contributed by atoms with Crippen LogP contribution in [0.15, 0.2) is 29.1 Å². The molecule has 5 heteroatoms. The van der Waals surface area contributed by atoms with Crippen molar-refractivity contribution in [1.82, 2.24) is 9.55 Å². The lowest BCUT2D eigenvalue weighted by atomic mass is 9.83. The fraction of sp³-hybridized carbons (Fsp3) is 0.529. The summed E-state index contributed by atoms with van der Waals surface area (Å²) in [6, 6.07) is 7.86. The first-order valence-corrected chi connectivity index (χ1v) is 7.94. The Labute approximate surface area is 129 Å². The lowest BCUT2D eigenvalue weighted by molar-refractivity contribution is 0.161. The largest absolute Gasteiger partial charge is 0.380 e. The highest BCUT2D eigenvalue weighted by atomic mass is 16.5. The van der Waals surface area contributed by atoms with Gasteiger partial charge >= 0.3 is 0 Å². The van der Waals surface area contributed by atoms with E-state index >= 15 is 0 Å². The standard InChI is InChI=1S/C17H21N3O2/c1-3-20-14-7-5-4-6-13(14)18-15(16(20)21)19-8-12-9-22-11-17(12,2)10-19/h4-7,12H,3,8-11H2,1-2H3/t12-,17+/m0/s1. The molecule has 2 saturated heterocycles. The number of hydrogen-bond donors (Lipinski definition) is 0. The van der Waals surface area contributed by atoms with Crippen LogP contribution >= 0.6 is 0 Å². The molecule has 2 atom stereocenters. The molecular formula is C17H21N3O2. The van der Waals surface area contributed by atoms with E-state index in [4.69, 9.17) is 4.74 Å². The van der Waals surface area contributed by atoms with Gasteiger partial charge < -0.3 is 14.2 Å². The summed E-state index contributed by atoms with van der Waals surface area (Å²) in [4.78, 5) is 19.7. The minimum absolute atomic E-state index is 0.0192. The predicted molar refractivity (Wildman–Crippen MR) is 86.3 cm³/mol. The molecule has 1 aromatic heterocycles. The summed E-state index contributed by atoms with van der Waals surface area (Å²) in [5, 5.41) is 0. The number of rotatable bonds is 2. The first kappa shape index (κ1) is 13.8. The predicted octanol–water partition coefficient (Wildman–Crippen LogP) is 1.89. The third-order valence-electron chi connectivity index (χ3n) is 5.18. The molecule has 5 nitrogen and oxygen atoms in total. The van der Waals surface area contributed by atoms with Crippen molar-refractivity contribution in [3.63, 3.8) is 0 Å². The Morgan fingerprint density at radius 3 is 3.00 bits per heavy atom. The molecule has 2 fully saturated rings. The van der Waals surface area contributed by atoms with Gasteiger partial charge in [-0.15, -0.1) is 0 Å². The molecule has 2 aromatic rings. The molecule has 0 N–H and O–H groups in total. The van der Waals surface area contributed by atoms with Crippen molar-refractivity contribution in [1.29, 1.82) is 0 Å². The summed E-state index contributed by atoms with van der Waals surface area (Å²) >= 11 is 0. The van der Waals surface area contributed by atoms with Crippen molar-refractivity contribution in [3.8, 4) is 0 Å². The van der Waals surface area contributed by atoms with Crippen LogP contribution in [0.5, 0.6) is 0 Å². The number of aryl methyl sites for hydroxylation is 1. The normalized spacial score (nSPS) is 27.5. The SMILES string of the molecule is CCn1c(=O)c(N2C[C@H]3COC[C@@]3(C)C2)nc2ccccc21. The van der Waals surface area contributed by atoms with Crippen molar-refractivity contribution in [2.45, 2.75) is 20.4 Å². The number of nitrogens with zero attached hydrogens (tertiary/aromatic N) is 3. The summed E-state index contributed by atoms with van der Waals surface area (Å²) in [6.07, 6.45) is 0. The Bertz CT molecular complexity index is 785. The third-order valence-corrected chi connectivity index (χ3v) is 5.18. The minimum Gasteiger partial charge on any atom is -0.380 e. The molecule has 116 valence electrons. The fourth-order valence-corrected chi connectivity index (χ4v) is 3.83. The smallest absolute Gasteiger partial charge is 0.293 e.